The lowest BCUT2D eigenvalue weighted by Gasteiger charge is -2.24. The highest BCUT2D eigenvalue weighted by Crippen LogP contribution is 2.16. The maximum absolute atomic E-state index is 12.0. The standard InChI is InChI=1S/C12H19N5O3/c1-12(2,5-6-18)15-10-13-7-8(14-10)16(3)11(20)17(4)9(7)19/h18H,5-6H2,1-4H3,(H2,13,14,15). The molecule has 8 nitrogen and oxygen atoms in total. The van der Waals surface area contributed by atoms with Gasteiger partial charge >= 0.3 is 5.69 Å². The van der Waals surface area contributed by atoms with Gasteiger partial charge in [-0.3, -0.25) is 13.9 Å². The van der Waals surface area contributed by atoms with Gasteiger partial charge in [0.05, 0.1) is 0 Å². The molecule has 0 bridgehead atoms. The molecule has 0 aromatic carbocycles. The molecule has 0 radical (unpaired) electrons. The topological polar surface area (TPSA) is 105 Å². The highest BCUT2D eigenvalue weighted by molar-refractivity contribution is 5.72. The molecule has 110 valence electrons. The van der Waals surface area contributed by atoms with E-state index in [1.165, 1.54) is 11.6 Å². The van der Waals surface area contributed by atoms with Gasteiger partial charge in [-0.15, -0.1) is 0 Å². The lowest BCUT2D eigenvalue weighted by atomic mass is 10.0. The van der Waals surface area contributed by atoms with Gasteiger partial charge < -0.3 is 15.4 Å². The number of anilines is 1. The number of fused-ring (bicyclic) bond motifs is 1. The van der Waals surface area contributed by atoms with Crippen LogP contribution in [0.2, 0.25) is 0 Å². The largest absolute Gasteiger partial charge is 0.396 e. The first-order valence-electron chi connectivity index (χ1n) is 6.31. The summed E-state index contributed by atoms with van der Waals surface area (Å²) < 4.78 is 2.35. The van der Waals surface area contributed by atoms with E-state index in [1.54, 1.807) is 7.05 Å². The Labute approximate surface area is 115 Å². The summed E-state index contributed by atoms with van der Waals surface area (Å²) in [5, 5.41) is 12.1. The molecule has 2 aromatic heterocycles. The number of nitrogens with one attached hydrogen (secondary N) is 2. The lowest BCUT2D eigenvalue weighted by molar-refractivity contribution is 0.260. The van der Waals surface area contributed by atoms with Crippen LogP contribution in [-0.4, -0.2) is 36.4 Å². The summed E-state index contributed by atoms with van der Waals surface area (Å²) >= 11 is 0. The van der Waals surface area contributed by atoms with Gasteiger partial charge in [-0.1, -0.05) is 0 Å². The first-order chi connectivity index (χ1) is 9.26. The minimum Gasteiger partial charge on any atom is -0.396 e. The van der Waals surface area contributed by atoms with Gasteiger partial charge in [0.1, 0.15) is 0 Å². The van der Waals surface area contributed by atoms with E-state index in [0.717, 1.165) is 4.57 Å². The molecule has 0 aliphatic carbocycles. The van der Waals surface area contributed by atoms with Crippen molar-refractivity contribution >= 4 is 17.1 Å². The molecule has 0 spiro atoms. The Bertz CT molecular complexity index is 753. The normalized spacial score (nSPS) is 12.1. The summed E-state index contributed by atoms with van der Waals surface area (Å²) in [6, 6.07) is 0. The third-order valence-corrected chi connectivity index (χ3v) is 3.29. The van der Waals surface area contributed by atoms with Crippen LogP contribution in [0.15, 0.2) is 9.59 Å². The summed E-state index contributed by atoms with van der Waals surface area (Å²) in [4.78, 5) is 31.0. The van der Waals surface area contributed by atoms with Crippen LogP contribution in [0.5, 0.6) is 0 Å². The summed E-state index contributed by atoms with van der Waals surface area (Å²) in [7, 11) is 2.99. The number of hydrogen-bond acceptors (Lipinski definition) is 5. The number of hydrogen-bond donors (Lipinski definition) is 3. The second kappa shape index (κ2) is 4.78. The molecule has 0 aliphatic heterocycles. The van der Waals surface area contributed by atoms with Crippen LogP contribution in [0.4, 0.5) is 5.95 Å². The van der Waals surface area contributed by atoms with Gasteiger partial charge in [0.25, 0.3) is 5.56 Å². The van der Waals surface area contributed by atoms with E-state index in [9.17, 15) is 9.59 Å². The zero-order valence-electron chi connectivity index (χ0n) is 12.0. The average molecular weight is 281 g/mol. The number of aromatic amines is 1. The molecule has 8 heteroatoms. The molecule has 3 N–H and O–H groups in total. The van der Waals surface area contributed by atoms with Gasteiger partial charge in [-0.05, 0) is 20.3 Å². The van der Waals surface area contributed by atoms with Crippen molar-refractivity contribution in [2.45, 2.75) is 25.8 Å². The van der Waals surface area contributed by atoms with Crippen molar-refractivity contribution in [1.82, 2.24) is 19.1 Å². The Morgan fingerprint density at radius 2 is 1.95 bits per heavy atom. The van der Waals surface area contributed by atoms with Crippen LogP contribution in [-0.2, 0) is 14.1 Å². The molecule has 2 rings (SSSR count). The molecule has 0 amide bonds. The van der Waals surface area contributed by atoms with Crippen molar-refractivity contribution in [1.29, 1.82) is 0 Å². The highest BCUT2D eigenvalue weighted by atomic mass is 16.3. The Hall–Kier alpha value is -2.09. The fourth-order valence-electron chi connectivity index (χ4n) is 2.05. The van der Waals surface area contributed by atoms with E-state index in [1.807, 2.05) is 13.8 Å². The van der Waals surface area contributed by atoms with E-state index in [-0.39, 0.29) is 17.7 Å². The maximum Gasteiger partial charge on any atom is 0.332 e. The SMILES string of the molecule is Cn1c(=O)c2[nH]c(NC(C)(C)CCO)nc2n(C)c1=O. The number of nitrogens with zero attached hydrogens (tertiary/aromatic N) is 3. The van der Waals surface area contributed by atoms with Gasteiger partial charge in [0.2, 0.25) is 5.95 Å². The highest BCUT2D eigenvalue weighted by Gasteiger charge is 2.20. The van der Waals surface area contributed by atoms with Crippen LogP contribution in [0.3, 0.4) is 0 Å². The third-order valence-electron chi connectivity index (χ3n) is 3.29. The molecule has 0 saturated heterocycles. The average Bonchev–Trinajstić information content (AvgIpc) is 2.76. The van der Waals surface area contributed by atoms with Crippen LogP contribution in [0, 0.1) is 0 Å². The molecular formula is C12H19N5O3. The Morgan fingerprint density at radius 3 is 2.55 bits per heavy atom. The third kappa shape index (κ3) is 2.34. The minimum atomic E-state index is -0.421. The number of aliphatic hydroxyl groups is 1. The predicted octanol–water partition coefficient (Wildman–Crippen LogP) is -0.467. The molecule has 20 heavy (non-hydrogen) atoms. The number of imidazole rings is 1. The van der Waals surface area contributed by atoms with Gasteiger partial charge in [-0.25, -0.2) is 4.79 Å². The van der Waals surface area contributed by atoms with Gasteiger partial charge in [0.15, 0.2) is 11.2 Å². The molecule has 2 heterocycles. The van der Waals surface area contributed by atoms with E-state index in [4.69, 9.17) is 5.11 Å². The van der Waals surface area contributed by atoms with Crippen molar-refractivity contribution in [3.05, 3.63) is 20.8 Å². The van der Waals surface area contributed by atoms with Crippen LogP contribution in [0.1, 0.15) is 20.3 Å². The predicted molar refractivity (Wildman–Crippen MR) is 76.0 cm³/mol. The summed E-state index contributed by atoms with van der Waals surface area (Å²) in [6.07, 6.45) is 0.529. The summed E-state index contributed by atoms with van der Waals surface area (Å²) in [5.74, 6) is 0.400. The van der Waals surface area contributed by atoms with Gasteiger partial charge in [0, 0.05) is 26.2 Å². The van der Waals surface area contributed by atoms with Gasteiger partial charge in [-0.2, -0.15) is 4.98 Å². The zero-order valence-corrected chi connectivity index (χ0v) is 12.0. The van der Waals surface area contributed by atoms with E-state index in [0.29, 0.717) is 18.0 Å². The van der Waals surface area contributed by atoms with E-state index in [2.05, 4.69) is 15.3 Å². The fraction of sp³-hybridized carbons (Fsp3) is 0.583. The Balaban J connectivity index is 2.55. The number of aliphatic hydroxyl groups excluding tert-OH is 1. The quantitative estimate of drug-likeness (QED) is 0.703. The van der Waals surface area contributed by atoms with Crippen LogP contribution >= 0.6 is 0 Å². The number of aromatic nitrogens is 4. The number of rotatable bonds is 4. The molecule has 0 fully saturated rings. The molecule has 2 aromatic rings. The van der Waals surface area contributed by atoms with Crippen molar-refractivity contribution < 1.29 is 5.11 Å². The Kier molecular flexibility index (Phi) is 3.43. The number of aryl methyl sites for hydroxylation is 1. The molecule has 0 unspecified atom stereocenters. The van der Waals surface area contributed by atoms with E-state index >= 15 is 0 Å². The second-order valence-electron chi connectivity index (χ2n) is 5.47. The van der Waals surface area contributed by atoms with Crippen molar-refractivity contribution in [2.24, 2.45) is 14.1 Å². The zero-order chi connectivity index (χ0) is 15.1. The lowest BCUT2D eigenvalue weighted by Crippen LogP contribution is -2.36. The molecule has 0 atom stereocenters. The molecule has 0 aliphatic rings. The number of H-pyrrole nitrogens is 1. The molecular weight excluding hydrogens is 262 g/mol. The fourth-order valence-corrected chi connectivity index (χ4v) is 2.05. The minimum absolute atomic E-state index is 0.0421. The molecule has 0 saturated carbocycles. The Morgan fingerprint density at radius 1 is 1.30 bits per heavy atom. The van der Waals surface area contributed by atoms with E-state index < -0.39 is 11.2 Å². The second-order valence-corrected chi connectivity index (χ2v) is 5.47. The van der Waals surface area contributed by atoms with Crippen molar-refractivity contribution in [2.75, 3.05) is 11.9 Å². The van der Waals surface area contributed by atoms with Crippen LogP contribution < -0.4 is 16.6 Å². The summed E-state index contributed by atoms with van der Waals surface area (Å²) in [6.45, 7) is 3.86. The van der Waals surface area contributed by atoms with Crippen molar-refractivity contribution in [3.8, 4) is 0 Å². The van der Waals surface area contributed by atoms with Crippen molar-refractivity contribution in [3.63, 3.8) is 0 Å². The summed E-state index contributed by atoms with van der Waals surface area (Å²) in [5.41, 5.74) is -0.636. The first kappa shape index (κ1) is 14.3. The monoisotopic (exact) mass is 281 g/mol. The van der Waals surface area contributed by atoms with Crippen LogP contribution in [0.25, 0.3) is 11.2 Å². The maximum atomic E-state index is 12.0. The first-order valence-corrected chi connectivity index (χ1v) is 6.31. The smallest absolute Gasteiger partial charge is 0.332 e.